The monoisotopic (exact) mass is 471 g/mol. The van der Waals surface area contributed by atoms with Crippen molar-refractivity contribution in [3.05, 3.63) is 65.7 Å². The molecule has 0 saturated carbocycles. The first-order valence-corrected chi connectivity index (χ1v) is 11.3. The van der Waals surface area contributed by atoms with Crippen LogP contribution in [0.15, 0.2) is 53.7 Å². The van der Waals surface area contributed by atoms with Crippen molar-refractivity contribution in [2.24, 2.45) is 13.0 Å². The highest BCUT2D eigenvalue weighted by molar-refractivity contribution is 7.99. The quantitative estimate of drug-likeness (QED) is 0.461. The van der Waals surface area contributed by atoms with E-state index in [1.807, 2.05) is 13.8 Å². The number of nitrogens with zero attached hydrogens (tertiary/aromatic N) is 3. The van der Waals surface area contributed by atoms with E-state index in [0.29, 0.717) is 22.3 Å². The molecule has 3 aromatic rings. The normalized spacial score (nSPS) is 11.8. The molecule has 0 radical (unpaired) electrons. The predicted molar refractivity (Wildman–Crippen MR) is 125 cm³/mol. The molecule has 3 rings (SSSR count). The maximum Gasteiger partial charge on any atom is 0.251 e. The molecule has 2 aromatic carbocycles. The molecule has 10 heteroatoms. The Bertz CT molecular complexity index is 1120. The molecule has 0 aliphatic rings. The fourth-order valence-electron chi connectivity index (χ4n) is 3.10. The van der Waals surface area contributed by atoms with E-state index < -0.39 is 11.9 Å². The number of ether oxygens (including phenoxy) is 1. The molecule has 0 unspecified atom stereocenters. The second-order valence-electron chi connectivity index (χ2n) is 7.64. The molecule has 1 heterocycles. The first kappa shape index (κ1) is 24.2. The Morgan fingerprint density at radius 3 is 2.45 bits per heavy atom. The van der Waals surface area contributed by atoms with E-state index in [9.17, 15) is 14.0 Å². The van der Waals surface area contributed by atoms with Gasteiger partial charge in [0.15, 0.2) is 11.0 Å². The summed E-state index contributed by atoms with van der Waals surface area (Å²) in [6, 6.07) is 12.4. The zero-order chi connectivity index (χ0) is 24.0. The summed E-state index contributed by atoms with van der Waals surface area (Å²) in [6.45, 7) is 3.95. The molecule has 2 N–H and O–H groups in total. The number of methoxy groups -OCH3 is 1. The summed E-state index contributed by atoms with van der Waals surface area (Å²) in [4.78, 5) is 25.0. The van der Waals surface area contributed by atoms with Crippen LogP contribution in [-0.4, -0.2) is 39.4 Å². The van der Waals surface area contributed by atoms with Crippen LogP contribution in [0.3, 0.4) is 0 Å². The number of benzene rings is 2. The summed E-state index contributed by atoms with van der Waals surface area (Å²) < 4.78 is 20.6. The molecule has 0 aliphatic carbocycles. The molecule has 0 fully saturated rings. The van der Waals surface area contributed by atoms with Gasteiger partial charge in [0, 0.05) is 12.6 Å². The maximum atomic E-state index is 13.7. The summed E-state index contributed by atoms with van der Waals surface area (Å²) in [5.74, 6) is 0.220. The second kappa shape index (κ2) is 11.0. The van der Waals surface area contributed by atoms with Gasteiger partial charge < -0.3 is 19.9 Å². The summed E-state index contributed by atoms with van der Waals surface area (Å²) >= 11 is 1.18. The van der Waals surface area contributed by atoms with E-state index in [1.165, 1.54) is 23.9 Å². The third kappa shape index (κ3) is 6.10. The number of thioether (sulfide) groups is 1. The minimum absolute atomic E-state index is 0.0326. The van der Waals surface area contributed by atoms with Gasteiger partial charge in [-0.15, -0.1) is 10.2 Å². The van der Waals surface area contributed by atoms with Gasteiger partial charge in [-0.2, -0.15) is 0 Å². The first-order valence-electron chi connectivity index (χ1n) is 10.3. The smallest absolute Gasteiger partial charge is 0.251 e. The van der Waals surface area contributed by atoms with E-state index in [-0.39, 0.29) is 29.2 Å². The number of rotatable bonds is 9. The Labute approximate surface area is 195 Å². The molecule has 0 bridgehead atoms. The van der Waals surface area contributed by atoms with Crippen molar-refractivity contribution >= 4 is 29.3 Å². The molecule has 0 aliphatic heterocycles. The van der Waals surface area contributed by atoms with Gasteiger partial charge in [-0.3, -0.25) is 9.59 Å². The summed E-state index contributed by atoms with van der Waals surface area (Å²) in [5, 5.41) is 14.5. The Hall–Kier alpha value is -3.40. The average molecular weight is 472 g/mol. The number of amides is 2. The topological polar surface area (TPSA) is 98.1 Å². The van der Waals surface area contributed by atoms with E-state index in [1.54, 1.807) is 55.1 Å². The predicted octanol–water partition coefficient (Wildman–Crippen LogP) is 3.82. The summed E-state index contributed by atoms with van der Waals surface area (Å²) in [5.41, 5.74) is 0.630. The number of hydrogen-bond donors (Lipinski definition) is 2. The van der Waals surface area contributed by atoms with Gasteiger partial charge >= 0.3 is 0 Å². The average Bonchev–Trinajstić information content (AvgIpc) is 3.17. The van der Waals surface area contributed by atoms with Crippen LogP contribution < -0.4 is 15.4 Å². The number of nitrogens with one attached hydrogen (secondary N) is 2. The number of carbonyl (C=O) groups excluding carboxylic acids is 2. The third-order valence-corrected chi connectivity index (χ3v) is 5.95. The van der Waals surface area contributed by atoms with Crippen molar-refractivity contribution in [1.29, 1.82) is 0 Å². The lowest BCUT2D eigenvalue weighted by Gasteiger charge is -2.21. The van der Waals surface area contributed by atoms with Crippen LogP contribution in [0.2, 0.25) is 0 Å². The number of carbonyl (C=O) groups is 2. The minimum Gasteiger partial charge on any atom is -0.497 e. The largest absolute Gasteiger partial charge is 0.497 e. The van der Waals surface area contributed by atoms with Gasteiger partial charge in [0.1, 0.15) is 11.6 Å². The van der Waals surface area contributed by atoms with Gasteiger partial charge in [0.25, 0.3) is 5.91 Å². The van der Waals surface area contributed by atoms with Crippen LogP contribution in [0.1, 0.15) is 36.1 Å². The van der Waals surface area contributed by atoms with Crippen molar-refractivity contribution in [2.45, 2.75) is 25.0 Å². The van der Waals surface area contributed by atoms with E-state index in [0.717, 1.165) is 0 Å². The molecular weight excluding hydrogens is 445 g/mol. The number of halogens is 1. The van der Waals surface area contributed by atoms with Gasteiger partial charge in [-0.05, 0) is 42.3 Å². The highest BCUT2D eigenvalue weighted by Gasteiger charge is 2.25. The van der Waals surface area contributed by atoms with E-state index in [4.69, 9.17) is 4.74 Å². The highest BCUT2D eigenvalue weighted by atomic mass is 32.2. The Morgan fingerprint density at radius 2 is 1.82 bits per heavy atom. The number of hydrogen-bond acceptors (Lipinski definition) is 6. The van der Waals surface area contributed by atoms with Gasteiger partial charge in [-0.25, -0.2) is 4.39 Å². The molecule has 0 saturated heterocycles. The SMILES string of the molecule is COc1ccc(C(=O)N[C@@H](c2nnc(SCC(=O)Nc3ccccc3F)n2C)C(C)C)cc1. The van der Waals surface area contributed by atoms with Crippen molar-refractivity contribution in [3.63, 3.8) is 0 Å². The molecule has 0 spiro atoms. The molecule has 8 nitrogen and oxygen atoms in total. The minimum atomic E-state index is -0.496. The molecule has 2 amide bonds. The Kier molecular flexibility index (Phi) is 8.05. The van der Waals surface area contributed by atoms with E-state index in [2.05, 4.69) is 20.8 Å². The first-order chi connectivity index (χ1) is 15.8. The van der Waals surface area contributed by atoms with Gasteiger partial charge in [-0.1, -0.05) is 37.7 Å². The second-order valence-corrected chi connectivity index (χ2v) is 8.58. The van der Waals surface area contributed by atoms with Crippen LogP contribution in [0, 0.1) is 11.7 Å². The number of aromatic nitrogens is 3. The van der Waals surface area contributed by atoms with Crippen LogP contribution in [0.4, 0.5) is 10.1 Å². The lowest BCUT2D eigenvalue weighted by Crippen LogP contribution is -2.33. The number of para-hydroxylation sites is 1. The van der Waals surface area contributed by atoms with Crippen molar-refractivity contribution in [3.8, 4) is 5.75 Å². The molecule has 174 valence electrons. The Balaban J connectivity index is 1.66. The highest BCUT2D eigenvalue weighted by Crippen LogP contribution is 2.25. The zero-order valence-electron chi connectivity index (χ0n) is 18.8. The van der Waals surface area contributed by atoms with Gasteiger partial charge in [0.2, 0.25) is 5.91 Å². The fourth-order valence-corrected chi connectivity index (χ4v) is 3.82. The number of anilines is 1. The molecule has 33 heavy (non-hydrogen) atoms. The van der Waals surface area contributed by atoms with Crippen LogP contribution in [0.5, 0.6) is 5.75 Å². The van der Waals surface area contributed by atoms with Gasteiger partial charge in [0.05, 0.1) is 24.6 Å². The molecule has 1 aromatic heterocycles. The van der Waals surface area contributed by atoms with Crippen LogP contribution in [-0.2, 0) is 11.8 Å². The van der Waals surface area contributed by atoms with Crippen LogP contribution >= 0.6 is 11.8 Å². The summed E-state index contributed by atoms with van der Waals surface area (Å²) in [6.07, 6.45) is 0. The maximum absolute atomic E-state index is 13.7. The van der Waals surface area contributed by atoms with Crippen LogP contribution in [0.25, 0.3) is 0 Å². The Morgan fingerprint density at radius 1 is 1.12 bits per heavy atom. The standard InChI is InChI=1S/C23H26FN5O3S/c1-14(2)20(26-22(31)15-9-11-16(32-4)12-10-15)21-27-28-23(29(21)3)33-13-19(30)25-18-8-6-5-7-17(18)24/h5-12,14,20H,13H2,1-4H3,(H,25,30)(H,26,31)/t20-/m1/s1. The molecular formula is C23H26FN5O3S. The zero-order valence-corrected chi connectivity index (χ0v) is 19.6. The van der Waals surface area contributed by atoms with Crippen molar-refractivity contribution < 1.29 is 18.7 Å². The van der Waals surface area contributed by atoms with E-state index >= 15 is 0 Å². The van der Waals surface area contributed by atoms with Crippen molar-refractivity contribution in [1.82, 2.24) is 20.1 Å². The lowest BCUT2D eigenvalue weighted by molar-refractivity contribution is -0.113. The summed E-state index contributed by atoms with van der Waals surface area (Å²) in [7, 11) is 3.35. The third-order valence-electron chi connectivity index (χ3n) is 4.93. The fraction of sp³-hybridized carbons (Fsp3) is 0.304. The van der Waals surface area contributed by atoms with Crippen molar-refractivity contribution in [2.75, 3.05) is 18.2 Å². The lowest BCUT2D eigenvalue weighted by atomic mass is 10.0. The molecule has 1 atom stereocenters.